The van der Waals surface area contributed by atoms with Crippen LogP contribution in [0.25, 0.3) is 0 Å². The van der Waals surface area contributed by atoms with Crippen LogP contribution in [0.2, 0.25) is 0 Å². The van der Waals surface area contributed by atoms with Gasteiger partial charge in [-0.15, -0.1) is 0 Å². The van der Waals surface area contributed by atoms with Crippen LogP contribution in [-0.2, 0) is 19.4 Å². The minimum absolute atomic E-state index is 0.000436. The average molecular weight is 279 g/mol. The molecule has 5 nitrogen and oxygen atoms in total. The molecule has 100 valence electrons. The molecule has 0 radical (unpaired) electrons. The predicted octanol–water partition coefficient (Wildman–Crippen LogP) is 1.31. The highest BCUT2D eigenvalue weighted by molar-refractivity contribution is 7.92. The van der Waals surface area contributed by atoms with Gasteiger partial charge in [0, 0.05) is 0 Å². The summed E-state index contributed by atoms with van der Waals surface area (Å²) in [6, 6.07) is 9.64. The van der Waals surface area contributed by atoms with Crippen LogP contribution in [0.1, 0.15) is 13.3 Å². The van der Waals surface area contributed by atoms with Crippen molar-refractivity contribution in [2.45, 2.75) is 23.5 Å². The lowest BCUT2D eigenvalue weighted by molar-refractivity contribution is -0.147. The Morgan fingerprint density at radius 1 is 1.47 bits per heavy atom. The van der Waals surface area contributed by atoms with E-state index < -0.39 is 26.5 Å². The van der Waals surface area contributed by atoms with Gasteiger partial charge in [0.1, 0.15) is 0 Å². The van der Waals surface area contributed by atoms with Crippen molar-refractivity contribution in [3.63, 3.8) is 0 Å². The summed E-state index contributed by atoms with van der Waals surface area (Å²) in [5, 5.41) is 8.11. The molecule has 0 bridgehead atoms. The van der Waals surface area contributed by atoms with E-state index in [4.69, 9.17) is 10.00 Å². The van der Waals surface area contributed by atoms with Gasteiger partial charge < -0.3 is 4.74 Å². The van der Waals surface area contributed by atoms with Gasteiger partial charge in [-0.25, -0.2) is 8.42 Å². The number of benzene rings is 1. The van der Waals surface area contributed by atoms with Gasteiger partial charge in [-0.2, -0.15) is 5.26 Å². The Bertz CT molecular complexity index is 632. The summed E-state index contributed by atoms with van der Waals surface area (Å²) in [5.74, 6) is -0.748. The molecule has 0 saturated heterocycles. The molecule has 0 heterocycles. The van der Waals surface area contributed by atoms with E-state index in [-0.39, 0.29) is 17.9 Å². The number of carbonyl (C=O) groups excluding carboxylic acids is 1. The normalized spacial score (nSPS) is 25.4. The van der Waals surface area contributed by atoms with Crippen LogP contribution in [-0.4, -0.2) is 26.2 Å². The SMILES string of the molecule is CCOC(=O)C1(C#N)CC1S(=O)(=O)c1ccccc1. The molecule has 0 spiro atoms. The molecule has 6 heteroatoms. The average Bonchev–Trinajstić information content (AvgIpc) is 3.17. The summed E-state index contributed by atoms with van der Waals surface area (Å²) in [5.41, 5.74) is -1.54. The highest BCUT2D eigenvalue weighted by atomic mass is 32.2. The third-order valence-corrected chi connectivity index (χ3v) is 5.43. The van der Waals surface area contributed by atoms with E-state index in [1.807, 2.05) is 6.07 Å². The Morgan fingerprint density at radius 2 is 2.11 bits per heavy atom. The number of hydrogen-bond donors (Lipinski definition) is 0. The van der Waals surface area contributed by atoms with Crippen molar-refractivity contribution in [1.82, 2.24) is 0 Å². The molecular formula is C13H13NO4S. The molecular weight excluding hydrogens is 266 g/mol. The molecule has 19 heavy (non-hydrogen) atoms. The number of esters is 1. The lowest BCUT2D eigenvalue weighted by atomic mass is 10.1. The fraction of sp³-hybridized carbons (Fsp3) is 0.385. The van der Waals surface area contributed by atoms with Crippen LogP contribution in [0, 0.1) is 16.7 Å². The quantitative estimate of drug-likeness (QED) is 0.776. The molecule has 1 aromatic carbocycles. The zero-order valence-corrected chi connectivity index (χ0v) is 11.2. The lowest BCUT2D eigenvalue weighted by Gasteiger charge is -2.08. The second-order valence-corrected chi connectivity index (χ2v) is 6.48. The summed E-state index contributed by atoms with van der Waals surface area (Å²) in [6.07, 6.45) is -0.000436. The number of sulfone groups is 1. The summed E-state index contributed by atoms with van der Waals surface area (Å²) in [7, 11) is -3.67. The Labute approximate surface area is 111 Å². The minimum Gasteiger partial charge on any atom is -0.465 e. The number of nitrogens with zero attached hydrogens (tertiary/aromatic N) is 1. The smallest absolute Gasteiger partial charge is 0.327 e. The van der Waals surface area contributed by atoms with Crippen molar-refractivity contribution >= 4 is 15.8 Å². The van der Waals surface area contributed by atoms with Gasteiger partial charge in [-0.3, -0.25) is 4.79 Å². The fourth-order valence-electron chi connectivity index (χ4n) is 2.02. The van der Waals surface area contributed by atoms with Gasteiger partial charge in [0.2, 0.25) is 0 Å². The molecule has 0 amide bonds. The largest absolute Gasteiger partial charge is 0.465 e. The van der Waals surface area contributed by atoms with Gasteiger partial charge in [0.05, 0.1) is 22.8 Å². The van der Waals surface area contributed by atoms with Crippen LogP contribution < -0.4 is 0 Å². The van der Waals surface area contributed by atoms with Gasteiger partial charge in [-0.05, 0) is 25.5 Å². The number of carbonyl (C=O) groups is 1. The maximum atomic E-state index is 12.3. The van der Waals surface area contributed by atoms with Crippen molar-refractivity contribution in [3.05, 3.63) is 30.3 Å². The molecule has 0 aromatic heterocycles. The van der Waals surface area contributed by atoms with E-state index in [0.717, 1.165) is 0 Å². The summed E-state index contributed by atoms with van der Waals surface area (Å²) in [6.45, 7) is 1.74. The van der Waals surface area contributed by atoms with Crippen molar-refractivity contribution in [1.29, 1.82) is 5.26 Å². The third-order valence-electron chi connectivity index (χ3n) is 3.18. The van der Waals surface area contributed by atoms with E-state index in [9.17, 15) is 13.2 Å². The van der Waals surface area contributed by atoms with Crippen LogP contribution >= 0.6 is 0 Å². The van der Waals surface area contributed by atoms with E-state index in [1.165, 1.54) is 12.1 Å². The first-order valence-corrected chi connectivity index (χ1v) is 7.41. The first-order chi connectivity index (χ1) is 8.99. The Morgan fingerprint density at radius 3 is 2.63 bits per heavy atom. The first kappa shape index (κ1) is 13.6. The molecule has 2 rings (SSSR count). The first-order valence-electron chi connectivity index (χ1n) is 5.86. The minimum atomic E-state index is -3.67. The summed E-state index contributed by atoms with van der Waals surface area (Å²) < 4.78 is 29.4. The summed E-state index contributed by atoms with van der Waals surface area (Å²) in [4.78, 5) is 11.9. The van der Waals surface area contributed by atoms with Gasteiger partial charge in [0.25, 0.3) is 0 Å². The third kappa shape index (κ3) is 2.10. The van der Waals surface area contributed by atoms with E-state index in [1.54, 1.807) is 25.1 Å². The molecule has 1 fully saturated rings. The van der Waals surface area contributed by atoms with Crippen molar-refractivity contribution in [2.24, 2.45) is 5.41 Å². The number of rotatable bonds is 4. The maximum absolute atomic E-state index is 12.3. The Hall–Kier alpha value is -1.87. The van der Waals surface area contributed by atoms with Gasteiger partial charge in [-0.1, -0.05) is 18.2 Å². The number of hydrogen-bond acceptors (Lipinski definition) is 5. The van der Waals surface area contributed by atoms with E-state index >= 15 is 0 Å². The van der Waals surface area contributed by atoms with E-state index in [2.05, 4.69) is 0 Å². The molecule has 1 aliphatic rings. The standard InChI is InChI=1S/C13H13NO4S/c1-2-18-12(15)13(9-14)8-11(13)19(16,17)10-6-4-3-5-7-10/h3-7,11H,2,8H2,1H3. The van der Waals surface area contributed by atoms with E-state index in [0.29, 0.717) is 0 Å². The second-order valence-electron chi connectivity index (χ2n) is 4.35. The van der Waals surface area contributed by atoms with Crippen LogP contribution in [0.5, 0.6) is 0 Å². The number of ether oxygens (including phenoxy) is 1. The topological polar surface area (TPSA) is 84.2 Å². The highest BCUT2D eigenvalue weighted by Crippen LogP contribution is 2.53. The van der Waals surface area contributed by atoms with Gasteiger partial charge in [0.15, 0.2) is 15.3 Å². The second kappa shape index (κ2) is 4.67. The molecule has 1 saturated carbocycles. The molecule has 2 unspecified atom stereocenters. The van der Waals surface area contributed by atoms with Gasteiger partial charge >= 0.3 is 5.97 Å². The monoisotopic (exact) mass is 279 g/mol. The Balaban J connectivity index is 2.32. The maximum Gasteiger partial charge on any atom is 0.327 e. The lowest BCUT2D eigenvalue weighted by Crippen LogP contribution is -2.25. The van der Waals surface area contributed by atoms with Crippen molar-refractivity contribution in [3.8, 4) is 6.07 Å². The predicted molar refractivity (Wildman–Crippen MR) is 66.7 cm³/mol. The van der Waals surface area contributed by atoms with Crippen molar-refractivity contribution < 1.29 is 17.9 Å². The fourth-order valence-corrected chi connectivity index (χ4v) is 4.05. The number of nitriles is 1. The van der Waals surface area contributed by atoms with Crippen LogP contribution in [0.15, 0.2) is 35.2 Å². The molecule has 1 aromatic rings. The molecule has 0 N–H and O–H groups in total. The molecule has 1 aliphatic carbocycles. The van der Waals surface area contributed by atoms with Crippen LogP contribution in [0.4, 0.5) is 0 Å². The summed E-state index contributed by atoms with van der Waals surface area (Å²) >= 11 is 0. The zero-order chi connectivity index (χ0) is 14.1. The Kier molecular flexibility index (Phi) is 3.33. The van der Waals surface area contributed by atoms with Crippen LogP contribution in [0.3, 0.4) is 0 Å². The van der Waals surface area contributed by atoms with Crippen molar-refractivity contribution in [2.75, 3.05) is 6.61 Å². The highest BCUT2D eigenvalue weighted by Gasteiger charge is 2.68. The zero-order valence-electron chi connectivity index (χ0n) is 10.4. The molecule has 2 atom stereocenters. The molecule has 0 aliphatic heterocycles.